The Morgan fingerprint density at radius 3 is 2.24 bits per heavy atom. The number of aromatic nitrogens is 3. The fourth-order valence-electron chi connectivity index (χ4n) is 3.60. The van der Waals surface area contributed by atoms with Crippen LogP contribution in [-0.2, 0) is 4.79 Å². The molecule has 4 rings (SSSR count). The minimum absolute atomic E-state index is 0.0972. The molecule has 0 atom stereocenters. The molecule has 10 heteroatoms. The zero-order valence-corrected chi connectivity index (χ0v) is 22.0. The molecular formula is C28H27N5O4S. The maximum Gasteiger partial charge on any atom is 0.250 e. The number of carbonyl (C=O) groups excluding carboxylic acids is 1. The Kier molecular flexibility index (Phi) is 9.14. The van der Waals surface area contributed by atoms with E-state index in [9.17, 15) is 4.79 Å². The summed E-state index contributed by atoms with van der Waals surface area (Å²) in [7, 11) is 4.67. The zero-order valence-electron chi connectivity index (χ0n) is 21.2. The van der Waals surface area contributed by atoms with E-state index in [4.69, 9.17) is 14.2 Å². The Morgan fingerprint density at radius 1 is 0.947 bits per heavy atom. The maximum absolute atomic E-state index is 12.4. The summed E-state index contributed by atoms with van der Waals surface area (Å²) in [6.45, 7) is 0. The molecule has 0 bridgehead atoms. The Balaban J connectivity index is 1.54. The molecule has 0 saturated heterocycles. The first-order valence-electron chi connectivity index (χ1n) is 11.6. The van der Waals surface area contributed by atoms with Crippen LogP contribution in [0.2, 0.25) is 0 Å². The summed E-state index contributed by atoms with van der Waals surface area (Å²) >= 11 is 1.25. The van der Waals surface area contributed by atoms with Gasteiger partial charge in [-0.1, -0.05) is 66.4 Å². The lowest BCUT2D eigenvalue weighted by Crippen LogP contribution is -2.19. The van der Waals surface area contributed by atoms with Crippen molar-refractivity contribution >= 4 is 30.0 Å². The van der Waals surface area contributed by atoms with Gasteiger partial charge < -0.3 is 14.2 Å². The molecular weight excluding hydrogens is 502 g/mol. The van der Waals surface area contributed by atoms with Crippen LogP contribution >= 0.6 is 11.8 Å². The van der Waals surface area contributed by atoms with Crippen LogP contribution in [0.3, 0.4) is 0 Å². The van der Waals surface area contributed by atoms with Gasteiger partial charge in [-0.05, 0) is 35.9 Å². The zero-order chi connectivity index (χ0) is 26.7. The lowest BCUT2D eigenvalue weighted by Gasteiger charge is -2.15. The summed E-state index contributed by atoms with van der Waals surface area (Å²) in [4.78, 5) is 12.4. The van der Waals surface area contributed by atoms with Crippen LogP contribution in [0.15, 0.2) is 89.1 Å². The van der Waals surface area contributed by atoms with Gasteiger partial charge in [0.1, 0.15) is 0 Å². The fraction of sp³-hybridized carbons (Fsp3) is 0.143. The monoisotopic (exact) mass is 529 g/mol. The molecule has 0 unspecified atom stereocenters. The quantitative estimate of drug-likeness (QED) is 0.168. The molecule has 0 aliphatic carbocycles. The van der Waals surface area contributed by atoms with Gasteiger partial charge in [0.2, 0.25) is 5.75 Å². The smallest absolute Gasteiger partial charge is 0.250 e. The van der Waals surface area contributed by atoms with Gasteiger partial charge in [-0.2, -0.15) is 5.10 Å². The average molecular weight is 530 g/mol. The number of methoxy groups -OCH3 is 3. The summed E-state index contributed by atoms with van der Waals surface area (Å²) in [5.74, 6) is 1.86. The van der Waals surface area contributed by atoms with Crippen molar-refractivity contribution in [3.8, 4) is 34.3 Å². The van der Waals surface area contributed by atoms with Gasteiger partial charge in [0.05, 0.1) is 27.1 Å². The molecule has 1 N–H and O–H groups in total. The van der Waals surface area contributed by atoms with Gasteiger partial charge in [0.25, 0.3) is 5.91 Å². The second-order valence-electron chi connectivity index (χ2n) is 7.76. The highest BCUT2D eigenvalue weighted by Crippen LogP contribution is 2.41. The van der Waals surface area contributed by atoms with E-state index in [1.165, 1.54) is 18.0 Å². The number of thioether (sulfide) groups is 1. The second-order valence-corrected chi connectivity index (χ2v) is 8.71. The van der Waals surface area contributed by atoms with Gasteiger partial charge >= 0.3 is 0 Å². The highest BCUT2D eigenvalue weighted by atomic mass is 32.2. The van der Waals surface area contributed by atoms with Crippen molar-refractivity contribution in [3.05, 3.63) is 84.4 Å². The predicted octanol–water partition coefficient (Wildman–Crippen LogP) is 4.87. The molecule has 0 radical (unpaired) electrons. The lowest BCUT2D eigenvalue weighted by atomic mass is 10.1. The Labute approximate surface area is 225 Å². The number of amides is 1. The predicted molar refractivity (Wildman–Crippen MR) is 149 cm³/mol. The van der Waals surface area contributed by atoms with Crippen molar-refractivity contribution in [1.29, 1.82) is 0 Å². The van der Waals surface area contributed by atoms with Crippen molar-refractivity contribution in [2.75, 3.05) is 27.1 Å². The van der Waals surface area contributed by atoms with Crippen molar-refractivity contribution in [2.24, 2.45) is 5.10 Å². The van der Waals surface area contributed by atoms with Crippen LogP contribution in [0.4, 0.5) is 0 Å². The third-order valence-electron chi connectivity index (χ3n) is 5.34. The summed E-state index contributed by atoms with van der Waals surface area (Å²) in [6, 6.07) is 23.1. The first kappa shape index (κ1) is 26.5. The van der Waals surface area contributed by atoms with Crippen LogP contribution in [-0.4, -0.2) is 54.0 Å². The largest absolute Gasteiger partial charge is 0.493 e. The van der Waals surface area contributed by atoms with Crippen LogP contribution < -0.4 is 19.6 Å². The van der Waals surface area contributed by atoms with Crippen molar-refractivity contribution in [1.82, 2.24) is 20.2 Å². The van der Waals surface area contributed by atoms with Crippen molar-refractivity contribution < 1.29 is 19.0 Å². The Hall–Kier alpha value is -4.57. The molecule has 0 aliphatic heterocycles. The number of hydrogen-bond donors (Lipinski definition) is 1. The van der Waals surface area contributed by atoms with E-state index in [1.807, 2.05) is 83.4 Å². The standard InChI is InChI=1S/C28H27N5O4S/c1-35-23-17-21(18-24(36-2)26(23)37-3)27-31-32-28(33(27)22-14-8-5-9-15-22)38-19-25(34)30-29-16-10-13-20-11-6-4-7-12-20/h4-18H,19H2,1-3H3,(H,30,34)/b13-10-,29-16-. The number of nitrogens with zero attached hydrogens (tertiary/aromatic N) is 4. The summed E-state index contributed by atoms with van der Waals surface area (Å²) in [5.41, 5.74) is 5.13. The van der Waals surface area contributed by atoms with E-state index in [1.54, 1.807) is 27.4 Å². The number of carbonyl (C=O) groups is 1. The third-order valence-corrected chi connectivity index (χ3v) is 6.27. The maximum atomic E-state index is 12.4. The topological polar surface area (TPSA) is 99.9 Å². The number of ether oxygens (including phenoxy) is 3. The summed E-state index contributed by atoms with van der Waals surface area (Å²) in [6.07, 6.45) is 5.19. The van der Waals surface area contributed by atoms with E-state index >= 15 is 0 Å². The van der Waals surface area contributed by atoms with Crippen LogP contribution in [0, 0.1) is 0 Å². The van der Waals surface area contributed by atoms with Crippen LogP contribution in [0.25, 0.3) is 23.2 Å². The second kappa shape index (κ2) is 13.1. The minimum atomic E-state index is -0.267. The average Bonchev–Trinajstić information content (AvgIpc) is 3.40. The molecule has 1 aromatic heterocycles. The number of allylic oxidation sites excluding steroid dienone is 1. The number of hydrogen-bond acceptors (Lipinski definition) is 8. The first-order valence-corrected chi connectivity index (χ1v) is 12.6. The van der Waals surface area contributed by atoms with E-state index in [0.717, 1.165) is 11.3 Å². The highest BCUT2D eigenvalue weighted by molar-refractivity contribution is 7.99. The molecule has 1 amide bonds. The van der Waals surface area contributed by atoms with Crippen molar-refractivity contribution in [2.45, 2.75) is 5.16 Å². The van der Waals surface area contributed by atoms with Gasteiger partial charge in [-0.15, -0.1) is 10.2 Å². The molecule has 0 saturated carbocycles. The third kappa shape index (κ3) is 6.40. The molecule has 0 fully saturated rings. The van der Waals surface area contributed by atoms with E-state index < -0.39 is 0 Å². The number of rotatable bonds is 11. The van der Waals surface area contributed by atoms with E-state index in [2.05, 4.69) is 20.7 Å². The highest BCUT2D eigenvalue weighted by Gasteiger charge is 2.21. The summed E-state index contributed by atoms with van der Waals surface area (Å²) < 4.78 is 18.4. The van der Waals surface area contributed by atoms with Gasteiger partial charge in [-0.3, -0.25) is 9.36 Å². The van der Waals surface area contributed by atoms with Gasteiger partial charge in [-0.25, -0.2) is 5.43 Å². The fourth-order valence-corrected chi connectivity index (χ4v) is 4.35. The van der Waals surface area contributed by atoms with Crippen LogP contribution in [0.5, 0.6) is 17.2 Å². The lowest BCUT2D eigenvalue weighted by molar-refractivity contribution is -0.118. The Morgan fingerprint density at radius 2 is 1.61 bits per heavy atom. The first-order chi connectivity index (χ1) is 18.6. The molecule has 194 valence electrons. The SMILES string of the molecule is COc1cc(-c2nnc(SCC(=O)N/N=C\C=C/c3ccccc3)n2-c2ccccc2)cc(OC)c1OC. The molecule has 0 spiro atoms. The van der Waals surface area contributed by atoms with Gasteiger partial charge in [0, 0.05) is 17.5 Å². The minimum Gasteiger partial charge on any atom is -0.493 e. The molecule has 1 heterocycles. The normalized spacial score (nSPS) is 11.1. The van der Waals surface area contributed by atoms with Crippen LogP contribution in [0.1, 0.15) is 5.56 Å². The van der Waals surface area contributed by atoms with Crippen molar-refractivity contribution in [3.63, 3.8) is 0 Å². The number of para-hydroxylation sites is 1. The molecule has 3 aromatic carbocycles. The molecule has 38 heavy (non-hydrogen) atoms. The Bertz CT molecular complexity index is 1400. The number of nitrogens with one attached hydrogen (secondary N) is 1. The summed E-state index contributed by atoms with van der Waals surface area (Å²) in [5, 5.41) is 13.3. The van der Waals surface area contributed by atoms with E-state index in [-0.39, 0.29) is 11.7 Å². The molecule has 4 aromatic rings. The number of hydrazone groups is 1. The van der Waals surface area contributed by atoms with Gasteiger partial charge in [0.15, 0.2) is 22.5 Å². The van der Waals surface area contributed by atoms with E-state index in [0.29, 0.717) is 33.8 Å². The number of benzene rings is 3. The molecule has 0 aliphatic rings. The molecule has 9 nitrogen and oxygen atoms in total.